The van der Waals surface area contributed by atoms with Crippen LogP contribution >= 0.6 is 0 Å². The lowest BCUT2D eigenvalue weighted by atomic mass is 10.1. The number of furan rings is 1. The van der Waals surface area contributed by atoms with E-state index in [-0.39, 0.29) is 0 Å². The Bertz CT molecular complexity index is 4760. The van der Waals surface area contributed by atoms with Crippen molar-refractivity contribution >= 4 is 87.4 Å². The van der Waals surface area contributed by atoms with Crippen molar-refractivity contribution in [2.45, 2.75) is 0 Å². The van der Waals surface area contributed by atoms with E-state index in [1.54, 1.807) is 0 Å². The molecular formula is C64H37N7O. The van der Waals surface area contributed by atoms with Gasteiger partial charge in [-0.3, -0.25) is 0 Å². The van der Waals surface area contributed by atoms with Crippen LogP contribution in [-0.2, 0) is 0 Å². The Morgan fingerprint density at radius 1 is 0.347 bits per heavy atom. The van der Waals surface area contributed by atoms with E-state index in [0.29, 0.717) is 28.6 Å². The fourth-order valence-corrected chi connectivity index (χ4v) is 11.2. The molecule has 0 fully saturated rings. The molecule has 10 aromatic carbocycles. The number of aromatic nitrogens is 6. The fourth-order valence-electron chi connectivity index (χ4n) is 11.2. The number of hydrogen-bond donors (Lipinski definition) is 0. The smallest absolute Gasteiger partial charge is 0.164 e. The van der Waals surface area contributed by atoms with Crippen LogP contribution in [0.3, 0.4) is 0 Å². The highest BCUT2D eigenvalue weighted by molar-refractivity contribution is 6.26. The predicted molar refractivity (Wildman–Crippen MR) is 291 cm³/mol. The molecule has 5 heterocycles. The highest BCUT2D eigenvalue weighted by Crippen LogP contribution is 2.44. The molecule has 0 aliphatic heterocycles. The number of rotatable bonds is 6. The first-order valence-corrected chi connectivity index (χ1v) is 24.0. The van der Waals surface area contributed by atoms with Gasteiger partial charge in [0, 0.05) is 71.2 Å². The van der Waals surface area contributed by atoms with Gasteiger partial charge in [0.25, 0.3) is 0 Å². The minimum Gasteiger partial charge on any atom is -0.456 e. The third kappa shape index (κ3) is 5.89. The maximum Gasteiger partial charge on any atom is 0.164 e. The van der Waals surface area contributed by atoms with E-state index in [9.17, 15) is 5.26 Å². The standard InChI is InChI=1S/C64H37N7O/c65-38-42-35-40(63-66-62(39-15-3-1-4-16-39)67-64(68-63)41-28-32-56-50(36-41)46-20-8-11-23-53(46)69(56)43-17-5-2-6-18-43)27-31-52(42)71-54-24-12-7-19-45(54)48-30-33-57-60(61(48)71)49-22-9-13-25-55(49)70(57)44-29-34-59-51(37-44)47-21-10-14-26-58(47)72-59/h1-37H. The fraction of sp³-hybridized carbons (Fsp3) is 0. The molecule has 72 heavy (non-hydrogen) atoms. The SMILES string of the molecule is N#Cc1cc(-c2nc(-c3ccccc3)nc(-c3ccc4c(c3)c3ccccc3n4-c3ccccc3)n2)ccc1-n1c2ccccc2c2ccc3c(c4ccccc4n3-c3ccc4oc5ccccc5c4c3)c21. The third-order valence-corrected chi connectivity index (χ3v) is 14.3. The first-order valence-electron chi connectivity index (χ1n) is 24.0. The highest BCUT2D eigenvalue weighted by Gasteiger charge is 2.24. The Morgan fingerprint density at radius 3 is 1.64 bits per heavy atom. The molecule has 0 unspecified atom stereocenters. The molecular weight excluding hydrogens is 883 g/mol. The van der Waals surface area contributed by atoms with Crippen LogP contribution in [0.2, 0.25) is 0 Å². The van der Waals surface area contributed by atoms with Gasteiger partial charge in [0.15, 0.2) is 17.5 Å². The molecule has 0 N–H and O–H groups in total. The van der Waals surface area contributed by atoms with Crippen LogP contribution in [0.4, 0.5) is 0 Å². The summed E-state index contributed by atoms with van der Waals surface area (Å²) in [6.45, 7) is 0. The van der Waals surface area contributed by atoms with Gasteiger partial charge in [-0.05, 0) is 97.1 Å². The van der Waals surface area contributed by atoms with Gasteiger partial charge >= 0.3 is 0 Å². The number of nitrogens with zero attached hydrogens (tertiary/aromatic N) is 7. The molecule has 0 amide bonds. The molecule has 8 heteroatoms. The van der Waals surface area contributed by atoms with Gasteiger partial charge < -0.3 is 18.1 Å². The quantitative estimate of drug-likeness (QED) is 0.166. The van der Waals surface area contributed by atoms with Crippen LogP contribution in [0.25, 0.3) is 139 Å². The summed E-state index contributed by atoms with van der Waals surface area (Å²) in [4.78, 5) is 15.4. The van der Waals surface area contributed by atoms with E-state index in [1.807, 2.05) is 66.7 Å². The Kier molecular flexibility index (Phi) is 8.55. The molecule has 0 bridgehead atoms. The van der Waals surface area contributed by atoms with Gasteiger partial charge in [-0.25, -0.2) is 15.0 Å². The van der Waals surface area contributed by atoms with Crippen LogP contribution in [0.1, 0.15) is 5.56 Å². The molecule has 15 aromatic rings. The Labute approximate surface area is 411 Å². The van der Waals surface area contributed by atoms with Crippen molar-refractivity contribution in [2.75, 3.05) is 0 Å². The van der Waals surface area contributed by atoms with Crippen molar-refractivity contribution in [3.63, 3.8) is 0 Å². The average molecular weight is 920 g/mol. The Morgan fingerprint density at radius 2 is 0.889 bits per heavy atom. The van der Waals surface area contributed by atoms with Crippen molar-refractivity contribution in [3.8, 4) is 57.3 Å². The lowest BCUT2D eigenvalue weighted by Gasteiger charge is -2.13. The van der Waals surface area contributed by atoms with Gasteiger partial charge in [-0.15, -0.1) is 0 Å². The normalized spacial score (nSPS) is 11.9. The average Bonchev–Trinajstić information content (AvgIpc) is 4.19. The molecule has 8 nitrogen and oxygen atoms in total. The lowest BCUT2D eigenvalue weighted by Crippen LogP contribution is -2.02. The van der Waals surface area contributed by atoms with Crippen LogP contribution < -0.4 is 0 Å². The summed E-state index contributed by atoms with van der Waals surface area (Å²) in [5, 5.41) is 20.0. The molecule has 0 spiro atoms. The second-order valence-corrected chi connectivity index (χ2v) is 18.3. The van der Waals surface area contributed by atoms with E-state index in [4.69, 9.17) is 19.4 Å². The van der Waals surface area contributed by atoms with Crippen molar-refractivity contribution in [3.05, 3.63) is 230 Å². The summed E-state index contributed by atoms with van der Waals surface area (Å²) < 4.78 is 13.2. The maximum absolute atomic E-state index is 11.2. The summed E-state index contributed by atoms with van der Waals surface area (Å²) >= 11 is 0. The highest BCUT2D eigenvalue weighted by atomic mass is 16.3. The molecule has 0 aliphatic rings. The number of fused-ring (bicyclic) bond motifs is 13. The molecule has 0 radical (unpaired) electrons. The van der Waals surface area contributed by atoms with Crippen molar-refractivity contribution in [2.24, 2.45) is 0 Å². The van der Waals surface area contributed by atoms with Gasteiger partial charge in [-0.1, -0.05) is 127 Å². The van der Waals surface area contributed by atoms with E-state index in [2.05, 4.69) is 177 Å². The Balaban J connectivity index is 0.926. The van der Waals surface area contributed by atoms with Crippen molar-refractivity contribution in [1.29, 1.82) is 5.26 Å². The van der Waals surface area contributed by atoms with Gasteiger partial charge in [0.1, 0.15) is 17.2 Å². The zero-order chi connectivity index (χ0) is 47.4. The molecule has 0 saturated heterocycles. The van der Waals surface area contributed by atoms with Gasteiger partial charge in [0.05, 0.1) is 44.4 Å². The first-order chi connectivity index (χ1) is 35.7. The zero-order valence-corrected chi connectivity index (χ0v) is 38.4. The zero-order valence-electron chi connectivity index (χ0n) is 38.4. The second kappa shape index (κ2) is 15.5. The Hall–Kier alpha value is -10.1. The second-order valence-electron chi connectivity index (χ2n) is 18.3. The maximum atomic E-state index is 11.2. The molecule has 0 aliphatic carbocycles. The van der Waals surface area contributed by atoms with Crippen molar-refractivity contribution in [1.82, 2.24) is 28.7 Å². The van der Waals surface area contributed by atoms with Gasteiger partial charge in [0.2, 0.25) is 0 Å². The molecule has 0 atom stereocenters. The van der Waals surface area contributed by atoms with Crippen LogP contribution in [0, 0.1) is 11.3 Å². The molecule has 0 saturated carbocycles. The number of nitriles is 1. The molecule has 334 valence electrons. The molecule has 15 rings (SSSR count). The summed E-state index contributed by atoms with van der Waals surface area (Å²) in [6.07, 6.45) is 0. The summed E-state index contributed by atoms with van der Waals surface area (Å²) in [6, 6.07) is 80.2. The van der Waals surface area contributed by atoms with Crippen LogP contribution in [0.5, 0.6) is 0 Å². The third-order valence-electron chi connectivity index (χ3n) is 14.3. The minimum absolute atomic E-state index is 0.476. The summed E-state index contributed by atoms with van der Waals surface area (Å²) in [5.41, 5.74) is 13.9. The van der Waals surface area contributed by atoms with E-state index < -0.39 is 0 Å². The van der Waals surface area contributed by atoms with E-state index >= 15 is 0 Å². The van der Waals surface area contributed by atoms with Crippen LogP contribution in [-0.4, -0.2) is 28.7 Å². The van der Waals surface area contributed by atoms with E-state index in [0.717, 1.165) is 116 Å². The number of hydrogen-bond acceptors (Lipinski definition) is 5. The minimum atomic E-state index is 0.476. The van der Waals surface area contributed by atoms with Crippen LogP contribution in [0.15, 0.2) is 229 Å². The predicted octanol–water partition coefficient (Wildman–Crippen LogP) is 15.9. The lowest BCUT2D eigenvalue weighted by molar-refractivity contribution is 0.669. The van der Waals surface area contributed by atoms with E-state index in [1.165, 1.54) is 0 Å². The first kappa shape index (κ1) is 39.9. The number of benzene rings is 10. The van der Waals surface area contributed by atoms with Crippen molar-refractivity contribution < 1.29 is 4.42 Å². The van der Waals surface area contributed by atoms with Gasteiger partial charge in [-0.2, -0.15) is 5.26 Å². The largest absolute Gasteiger partial charge is 0.456 e. The molecule has 5 aromatic heterocycles. The summed E-state index contributed by atoms with van der Waals surface area (Å²) in [5.74, 6) is 1.57. The topological polar surface area (TPSA) is 90.4 Å². The number of para-hydroxylation sites is 5. The summed E-state index contributed by atoms with van der Waals surface area (Å²) in [7, 11) is 0. The monoisotopic (exact) mass is 919 g/mol.